The summed E-state index contributed by atoms with van der Waals surface area (Å²) in [5, 5.41) is 14.0. The maximum atomic E-state index is 13.0. The molecule has 1 aromatic rings. The standard InChI is InChI=1S/C26H39NO6/c1-25-12-11-22-26(2,16-32-24(33-22)15-30-3)21(25)10-9-19(28)18(25)13-23(29)27-14-17-7-5-6-8-20(17)31-4/h5-8,18-19,21-22,24,28H,9-16H2,1-4H3,(H,27,29)/t18-,19-,21+,22+,24-,25+,26+/m1/s1. The van der Waals surface area contributed by atoms with E-state index in [2.05, 4.69) is 19.2 Å². The Balaban J connectivity index is 1.45. The number of benzene rings is 1. The third kappa shape index (κ3) is 4.65. The molecular formula is C26H39NO6. The van der Waals surface area contributed by atoms with Crippen molar-refractivity contribution in [2.24, 2.45) is 22.7 Å². The lowest BCUT2D eigenvalue weighted by Gasteiger charge is -2.62. The van der Waals surface area contributed by atoms with Crippen LogP contribution in [0.5, 0.6) is 5.75 Å². The maximum absolute atomic E-state index is 13.0. The van der Waals surface area contributed by atoms with Crippen LogP contribution < -0.4 is 10.1 Å². The summed E-state index contributed by atoms with van der Waals surface area (Å²) in [7, 11) is 3.29. The van der Waals surface area contributed by atoms with Crippen LogP contribution in [-0.2, 0) is 25.5 Å². The molecule has 3 aliphatic rings. The lowest BCUT2D eigenvalue weighted by atomic mass is 9.46. The minimum atomic E-state index is -0.477. The van der Waals surface area contributed by atoms with Gasteiger partial charge >= 0.3 is 0 Å². The van der Waals surface area contributed by atoms with E-state index >= 15 is 0 Å². The topological polar surface area (TPSA) is 86.2 Å². The van der Waals surface area contributed by atoms with Crippen molar-refractivity contribution in [2.75, 3.05) is 27.4 Å². The van der Waals surface area contributed by atoms with Crippen molar-refractivity contribution in [1.82, 2.24) is 5.32 Å². The van der Waals surface area contributed by atoms with Gasteiger partial charge in [-0.1, -0.05) is 32.0 Å². The Bertz CT molecular complexity index is 833. The van der Waals surface area contributed by atoms with Gasteiger partial charge in [-0.3, -0.25) is 4.79 Å². The number of rotatable bonds is 7. The molecule has 3 fully saturated rings. The number of para-hydroxylation sites is 1. The van der Waals surface area contributed by atoms with Gasteiger partial charge in [0.15, 0.2) is 6.29 Å². The number of hydrogen-bond acceptors (Lipinski definition) is 6. The summed E-state index contributed by atoms with van der Waals surface area (Å²) in [6.07, 6.45) is 3.09. The zero-order valence-electron chi connectivity index (χ0n) is 20.3. The lowest BCUT2D eigenvalue weighted by molar-refractivity contribution is -0.315. The van der Waals surface area contributed by atoms with Crippen molar-refractivity contribution < 1.29 is 28.8 Å². The van der Waals surface area contributed by atoms with Crippen molar-refractivity contribution in [2.45, 2.75) is 71.0 Å². The third-order valence-electron chi connectivity index (χ3n) is 8.61. The van der Waals surface area contributed by atoms with Gasteiger partial charge in [0, 0.05) is 31.1 Å². The number of methoxy groups -OCH3 is 2. The summed E-state index contributed by atoms with van der Waals surface area (Å²) in [6.45, 7) is 5.99. The van der Waals surface area contributed by atoms with Crippen LogP contribution in [-0.4, -0.2) is 56.9 Å². The van der Waals surface area contributed by atoms with Crippen LogP contribution in [0.1, 0.15) is 51.5 Å². The number of aliphatic hydroxyl groups is 1. The average Bonchev–Trinajstić information content (AvgIpc) is 2.80. The molecule has 0 bridgehead atoms. The highest BCUT2D eigenvalue weighted by Crippen LogP contribution is 2.62. The second-order valence-corrected chi connectivity index (χ2v) is 10.5. The smallest absolute Gasteiger partial charge is 0.220 e. The van der Waals surface area contributed by atoms with Gasteiger partial charge in [0.25, 0.3) is 0 Å². The summed E-state index contributed by atoms with van der Waals surface area (Å²) in [5.74, 6) is 0.958. The second-order valence-electron chi connectivity index (χ2n) is 10.5. The molecule has 1 heterocycles. The Morgan fingerprint density at radius 2 is 1.97 bits per heavy atom. The number of carbonyl (C=O) groups excluding carboxylic acids is 1. The Morgan fingerprint density at radius 1 is 1.18 bits per heavy atom. The van der Waals surface area contributed by atoms with Gasteiger partial charge in [0.1, 0.15) is 5.75 Å². The molecule has 2 N–H and O–H groups in total. The number of carbonyl (C=O) groups is 1. The van der Waals surface area contributed by atoms with Gasteiger partial charge < -0.3 is 29.4 Å². The van der Waals surface area contributed by atoms with Crippen LogP contribution in [0.4, 0.5) is 0 Å². The Labute approximate surface area is 197 Å². The number of fused-ring (bicyclic) bond motifs is 3. The Morgan fingerprint density at radius 3 is 2.73 bits per heavy atom. The molecule has 1 saturated heterocycles. The third-order valence-corrected chi connectivity index (χ3v) is 8.61. The van der Waals surface area contributed by atoms with Crippen LogP contribution in [0.3, 0.4) is 0 Å². The van der Waals surface area contributed by atoms with Crippen LogP contribution in [0.25, 0.3) is 0 Å². The molecule has 7 atom stereocenters. The summed E-state index contributed by atoms with van der Waals surface area (Å²) >= 11 is 0. The molecule has 7 heteroatoms. The maximum Gasteiger partial charge on any atom is 0.220 e. The highest BCUT2D eigenvalue weighted by molar-refractivity contribution is 5.76. The molecule has 2 saturated carbocycles. The predicted molar refractivity (Wildman–Crippen MR) is 124 cm³/mol. The molecule has 1 aliphatic heterocycles. The van der Waals surface area contributed by atoms with E-state index in [1.165, 1.54) is 0 Å². The molecule has 1 amide bonds. The minimum Gasteiger partial charge on any atom is -0.496 e. The minimum absolute atomic E-state index is 0.0320. The summed E-state index contributed by atoms with van der Waals surface area (Å²) in [6, 6.07) is 7.69. The van der Waals surface area contributed by atoms with Crippen molar-refractivity contribution in [1.29, 1.82) is 0 Å². The van der Waals surface area contributed by atoms with Crippen LogP contribution in [0.2, 0.25) is 0 Å². The van der Waals surface area contributed by atoms with E-state index in [0.29, 0.717) is 38.5 Å². The normalized spacial score (nSPS) is 38.2. The molecule has 33 heavy (non-hydrogen) atoms. The number of aliphatic hydroxyl groups excluding tert-OH is 1. The van der Waals surface area contributed by atoms with E-state index in [9.17, 15) is 9.90 Å². The SMILES string of the molecule is COC[C@@H]1OC[C@@]2(C)[C@H]3CC[C@@H](O)[C@@H](CC(=O)NCc4ccccc4OC)[C@]3(C)CC[C@@H]2O1. The van der Waals surface area contributed by atoms with E-state index in [4.69, 9.17) is 18.9 Å². The number of nitrogens with one attached hydrogen (secondary N) is 1. The fraction of sp³-hybridized carbons (Fsp3) is 0.731. The van der Waals surface area contributed by atoms with E-state index in [0.717, 1.165) is 30.6 Å². The van der Waals surface area contributed by atoms with Crippen LogP contribution >= 0.6 is 0 Å². The van der Waals surface area contributed by atoms with Crippen LogP contribution in [0.15, 0.2) is 24.3 Å². The Kier molecular flexibility index (Phi) is 7.34. The van der Waals surface area contributed by atoms with E-state index in [1.54, 1.807) is 14.2 Å². The van der Waals surface area contributed by atoms with Crippen molar-refractivity contribution in [3.63, 3.8) is 0 Å². The van der Waals surface area contributed by atoms with E-state index < -0.39 is 6.10 Å². The number of ether oxygens (including phenoxy) is 4. The van der Waals surface area contributed by atoms with Gasteiger partial charge in [-0.15, -0.1) is 0 Å². The molecule has 0 unspecified atom stereocenters. The van der Waals surface area contributed by atoms with Crippen molar-refractivity contribution in [3.8, 4) is 5.75 Å². The molecule has 0 spiro atoms. The first-order chi connectivity index (χ1) is 15.8. The zero-order chi connectivity index (χ0) is 23.6. The first-order valence-corrected chi connectivity index (χ1v) is 12.1. The van der Waals surface area contributed by atoms with Crippen LogP contribution in [0, 0.1) is 22.7 Å². The summed E-state index contributed by atoms with van der Waals surface area (Å²) in [5.41, 5.74) is 0.659. The molecule has 0 radical (unpaired) electrons. The van der Waals surface area contributed by atoms with E-state index in [1.807, 2.05) is 24.3 Å². The largest absolute Gasteiger partial charge is 0.496 e. The molecular weight excluding hydrogens is 422 g/mol. The van der Waals surface area contributed by atoms with Gasteiger partial charge in [-0.2, -0.15) is 0 Å². The fourth-order valence-corrected chi connectivity index (χ4v) is 6.82. The zero-order valence-corrected chi connectivity index (χ0v) is 20.3. The van der Waals surface area contributed by atoms with Crippen molar-refractivity contribution >= 4 is 5.91 Å². The van der Waals surface area contributed by atoms with Gasteiger partial charge in [-0.25, -0.2) is 0 Å². The molecule has 0 aromatic heterocycles. The molecule has 4 rings (SSSR count). The average molecular weight is 462 g/mol. The first kappa shape index (κ1) is 24.5. The van der Waals surface area contributed by atoms with Gasteiger partial charge in [0.2, 0.25) is 5.91 Å². The summed E-state index contributed by atoms with van der Waals surface area (Å²) < 4.78 is 22.9. The highest BCUT2D eigenvalue weighted by atomic mass is 16.7. The lowest BCUT2D eigenvalue weighted by Crippen LogP contribution is -2.63. The summed E-state index contributed by atoms with van der Waals surface area (Å²) in [4.78, 5) is 13.0. The molecule has 2 aliphatic carbocycles. The number of hydrogen-bond donors (Lipinski definition) is 2. The van der Waals surface area contributed by atoms with Gasteiger partial charge in [-0.05, 0) is 49.0 Å². The van der Waals surface area contributed by atoms with E-state index in [-0.39, 0.29) is 35.0 Å². The number of amides is 1. The second kappa shape index (κ2) is 9.90. The molecule has 1 aromatic carbocycles. The predicted octanol–water partition coefficient (Wildman–Crippen LogP) is 3.28. The monoisotopic (exact) mass is 461 g/mol. The molecule has 7 nitrogen and oxygen atoms in total. The first-order valence-electron chi connectivity index (χ1n) is 12.1. The highest BCUT2D eigenvalue weighted by Gasteiger charge is 2.61. The fourth-order valence-electron chi connectivity index (χ4n) is 6.82. The van der Waals surface area contributed by atoms with Crippen molar-refractivity contribution in [3.05, 3.63) is 29.8 Å². The van der Waals surface area contributed by atoms with Gasteiger partial charge in [0.05, 0.1) is 32.5 Å². The quantitative estimate of drug-likeness (QED) is 0.648. The molecule has 184 valence electrons. The Hall–Kier alpha value is -1.67.